The summed E-state index contributed by atoms with van der Waals surface area (Å²) < 4.78 is 24.9. The highest BCUT2D eigenvalue weighted by atomic mass is 16.6. The summed E-state index contributed by atoms with van der Waals surface area (Å²) in [7, 11) is 0. The van der Waals surface area contributed by atoms with Crippen LogP contribution in [-0.2, 0) is 38.8 Å². The zero-order chi connectivity index (χ0) is 30.7. The Kier molecular flexibility index (Phi) is 11.6. The van der Waals surface area contributed by atoms with Crippen molar-refractivity contribution in [2.24, 2.45) is 5.11 Å². The molecule has 43 heavy (non-hydrogen) atoms. The van der Waals surface area contributed by atoms with Crippen molar-refractivity contribution in [1.82, 2.24) is 4.90 Å². The summed E-state index contributed by atoms with van der Waals surface area (Å²) >= 11 is 0. The molecule has 1 heterocycles. The minimum atomic E-state index is -1.26. The molecule has 1 aliphatic heterocycles. The zero-order valence-electron chi connectivity index (χ0n) is 24.9. The maximum absolute atomic E-state index is 13.7. The van der Waals surface area contributed by atoms with Gasteiger partial charge in [0, 0.05) is 4.91 Å². The minimum Gasteiger partial charge on any atom is -0.444 e. The molecule has 1 saturated heterocycles. The van der Waals surface area contributed by atoms with Crippen molar-refractivity contribution in [2.75, 3.05) is 13.2 Å². The smallest absolute Gasteiger partial charge is 0.410 e. The first-order valence-corrected chi connectivity index (χ1v) is 14.4. The average Bonchev–Trinajstić information content (AvgIpc) is 3.10. The normalized spacial score (nSPS) is 22.3. The summed E-state index contributed by atoms with van der Waals surface area (Å²) in [5.41, 5.74) is 11.5. The van der Waals surface area contributed by atoms with Crippen LogP contribution in [0.3, 0.4) is 0 Å². The van der Waals surface area contributed by atoms with Crippen molar-refractivity contribution >= 4 is 6.09 Å². The van der Waals surface area contributed by atoms with Gasteiger partial charge in [-0.1, -0.05) is 96.1 Å². The standard InChI is InChI=1S/C33H40N4O6/c1-33(2,3)43-32(39)37-19-28(38)29(35-36-34)31(42-22-26-17-11-6-12-18-26)30(41-21-25-15-9-5-10-16-25)27(37)23-40-20-24-13-7-4-8-14-24/h4-18,27-31,38H,19-23H2,1-3H3/t27-,28+,29-,30-,31-/m1/s1. The van der Waals surface area contributed by atoms with Crippen LogP contribution < -0.4 is 0 Å². The molecule has 0 unspecified atom stereocenters. The molecule has 4 rings (SSSR count). The van der Waals surface area contributed by atoms with E-state index in [0.717, 1.165) is 16.7 Å². The van der Waals surface area contributed by atoms with Crippen molar-refractivity contribution < 1.29 is 28.8 Å². The van der Waals surface area contributed by atoms with Crippen LogP contribution >= 0.6 is 0 Å². The molecule has 5 atom stereocenters. The fourth-order valence-electron chi connectivity index (χ4n) is 4.98. The lowest BCUT2D eigenvalue weighted by Gasteiger charge is -2.38. The van der Waals surface area contributed by atoms with Crippen molar-refractivity contribution in [3.8, 4) is 0 Å². The summed E-state index contributed by atoms with van der Waals surface area (Å²) in [6.45, 7) is 5.86. The number of carbonyl (C=O) groups excluding carboxylic acids is 1. The van der Waals surface area contributed by atoms with E-state index in [2.05, 4.69) is 10.0 Å². The topological polar surface area (TPSA) is 126 Å². The van der Waals surface area contributed by atoms with Crippen LogP contribution in [0.5, 0.6) is 0 Å². The first-order chi connectivity index (χ1) is 20.7. The number of likely N-dealkylation sites (tertiary alicyclic amines) is 1. The molecule has 0 saturated carbocycles. The average molecular weight is 589 g/mol. The molecule has 1 N–H and O–H groups in total. The van der Waals surface area contributed by atoms with Crippen LogP contribution in [0, 0.1) is 0 Å². The van der Waals surface area contributed by atoms with Gasteiger partial charge in [-0.15, -0.1) is 0 Å². The van der Waals surface area contributed by atoms with E-state index in [9.17, 15) is 15.4 Å². The molecule has 10 nitrogen and oxygen atoms in total. The minimum absolute atomic E-state index is 0.0501. The number of nitrogens with zero attached hydrogens (tertiary/aromatic N) is 4. The molecule has 1 fully saturated rings. The number of carbonyl (C=O) groups is 1. The third-order valence-corrected chi connectivity index (χ3v) is 7.00. The zero-order valence-corrected chi connectivity index (χ0v) is 24.9. The third-order valence-electron chi connectivity index (χ3n) is 7.00. The monoisotopic (exact) mass is 588 g/mol. The summed E-state index contributed by atoms with van der Waals surface area (Å²) in [4.78, 5) is 18.1. The second kappa shape index (κ2) is 15.5. The van der Waals surface area contributed by atoms with E-state index in [1.165, 1.54) is 4.90 Å². The van der Waals surface area contributed by atoms with Crippen molar-refractivity contribution in [3.63, 3.8) is 0 Å². The number of β-amino-alcohol motifs (C(OH)–C–C–N with tert-alkyl or cyclic N) is 1. The number of amides is 1. The van der Waals surface area contributed by atoms with E-state index in [4.69, 9.17) is 18.9 Å². The van der Waals surface area contributed by atoms with Gasteiger partial charge in [-0.05, 0) is 43.0 Å². The lowest BCUT2D eigenvalue weighted by atomic mass is 9.98. The quantitative estimate of drug-likeness (QED) is 0.166. The molecule has 0 spiro atoms. The summed E-state index contributed by atoms with van der Waals surface area (Å²) in [6, 6.07) is 27.0. The van der Waals surface area contributed by atoms with Crippen LogP contribution in [0.2, 0.25) is 0 Å². The summed E-state index contributed by atoms with van der Waals surface area (Å²) in [5.74, 6) is 0. The maximum Gasteiger partial charge on any atom is 0.410 e. The highest BCUT2D eigenvalue weighted by Crippen LogP contribution is 2.30. The number of rotatable bonds is 11. The van der Waals surface area contributed by atoms with Gasteiger partial charge in [0.1, 0.15) is 11.7 Å². The molecule has 1 amide bonds. The molecule has 0 aromatic heterocycles. The van der Waals surface area contributed by atoms with E-state index in [0.29, 0.717) is 6.61 Å². The van der Waals surface area contributed by atoms with Crippen LogP contribution in [0.4, 0.5) is 4.79 Å². The largest absolute Gasteiger partial charge is 0.444 e. The highest BCUT2D eigenvalue weighted by molar-refractivity contribution is 5.69. The molecule has 1 aliphatic rings. The van der Waals surface area contributed by atoms with Crippen molar-refractivity contribution in [1.29, 1.82) is 0 Å². The van der Waals surface area contributed by atoms with Gasteiger partial charge in [-0.2, -0.15) is 0 Å². The highest BCUT2D eigenvalue weighted by Gasteiger charge is 2.48. The van der Waals surface area contributed by atoms with Gasteiger partial charge in [-0.3, -0.25) is 4.90 Å². The van der Waals surface area contributed by atoms with E-state index in [-0.39, 0.29) is 26.4 Å². The Morgan fingerprint density at radius 2 is 1.35 bits per heavy atom. The number of hydrogen-bond donors (Lipinski definition) is 1. The van der Waals surface area contributed by atoms with Gasteiger partial charge >= 0.3 is 6.09 Å². The van der Waals surface area contributed by atoms with Crippen molar-refractivity contribution in [3.05, 3.63) is 118 Å². The van der Waals surface area contributed by atoms with E-state index in [1.807, 2.05) is 91.0 Å². The second-order valence-electron chi connectivity index (χ2n) is 11.5. The van der Waals surface area contributed by atoms with E-state index in [1.54, 1.807) is 20.8 Å². The number of ether oxygens (including phenoxy) is 4. The molecule has 3 aromatic carbocycles. The Balaban J connectivity index is 1.73. The fourth-order valence-corrected chi connectivity index (χ4v) is 4.98. The predicted octanol–water partition coefficient (Wildman–Crippen LogP) is 6.03. The van der Waals surface area contributed by atoms with Gasteiger partial charge in [0.25, 0.3) is 0 Å². The molecule has 228 valence electrons. The number of aliphatic hydroxyl groups excluding tert-OH is 1. The number of aliphatic hydroxyl groups is 1. The van der Waals surface area contributed by atoms with Gasteiger partial charge in [0.2, 0.25) is 0 Å². The Morgan fingerprint density at radius 3 is 1.84 bits per heavy atom. The van der Waals surface area contributed by atoms with Crippen LogP contribution in [-0.4, -0.2) is 65.2 Å². The Bertz CT molecular complexity index is 1320. The first kappa shape index (κ1) is 32.0. The Labute approximate surface area is 252 Å². The van der Waals surface area contributed by atoms with Crippen molar-refractivity contribution in [2.45, 2.75) is 76.6 Å². The SMILES string of the molecule is CC(C)(C)OC(=O)N1C[C@H](O)[C@@H](N=[N+]=[N-])[C@@H](OCc2ccccc2)[C@H](OCc2ccccc2)[C@H]1COCc1ccccc1. The van der Waals surface area contributed by atoms with Gasteiger partial charge in [-0.25, -0.2) is 4.79 Å². The lowest BCUT2D eigenvalue weighted by Crippen LogP contribution is -2.55. The molecular weight excluding hydrogens is 548 g/mol. The first-order valence-electron chi connectivity index (χ1n) is 14.4. The van der Waals surface area contributed by atoms with Gasteiger partial charge < -0.3 is 24.1 Å². The maximum atomic E-state index is 13.7. The predicted molar refractivity (Wildman–Crippen MR) is 162 cm³/mol. The molecule has 0 bridgehead atoms. The fraction of sp³-hybridized carbons (Fsp3) is 0.424. The van der Waals surface area contributed by atoms with Gasteiger partial charge in [0.05, 0.1) is 57.3 Å². The number of benzene rings is 3. The molecule has 10 heteroatoms. The second-order valence-corrected chi connectivity index (χ2v) is 11.5. The molecular formula is C33H40N4O6. The third kappa shape index (κ3) is 9.54. The van der Waals surface area contributed by atoms with E-state index >= 15 is 0 Å². The molecule has 0 radical (unpaired) electrons. The molecule has 3 aromatic rings. The van der Waals surface area contributed by atoms with E-state index < -0.39 is 42.1 Å². The van der Waals surface area contributed by atoms with Crippen LogP contribution in [0.25, 0.3) is 10.4 Å². The number of hydrogen-bond acceptors (Lipinski definition) is 7. The molecule has 0 aliphatic carbocycles. The summed E-state index contributed by atoms with van der Waals surface area (Å²) in [6.07, 6.45) is -3.69. The van der Waals surface area contributed by atoms with Gasteiger partial charge in [0.15, 0.2) is 0 Å². The Morgan fingerprint density at radius 1 is 0.860 bits per heavy atom. The van der Waals surface area contributed by atoms with Crippen LogP contribution in [0.1, 0.15) is 37.5 Å². The lowest BCUT2D eigenvalue weighted by molar-refractivity contribution is -0.129. The number of azide groups is 1. The summed E-state index contributed by atoms with van der Waals surface area (Å²) in [5, 5.41) is 15.4. The van der Waals surface area contributed by atoms with Crippen LogP contribution in [0.15, 0.2) is 96.1 Å². The Hall–Kier alpha value is -3.92.